The largest absolute Gasteiger partial charge is 0.496 e. The summed E-state index contributed by atoms with van der Waals surface area (Å²) in [6.07, 6.45) is -0.496. The number of ether oxygens (including phenoxy) is 4. The maximum Gasteiger partial charge on any atom is 0.347 e. The Hall–Kier alpha value is -2.24. The maximum absolute atomic E-state index is 12.1. The monoisotopic (exact) mass is 266 g/mol. The van der Waals surface area contributed by atoms with Gasteiger partial charge in [0.05, 0.1) is 20.8 Å². The molecule has 1 aromatic carbocycles. The van der Waals surface area contributed by atoms with Crippen molar-refractivity contribution in [3.05, 3.63) is 23.8 Å². The first-order chi connectivity index (χ1) is 9.17. The molecule has 1 fully saturated rings. The van der Waals surface area contributed by atoms with Crippen LogP contribution in [0.15, 0.2) is 18.2 Å². The topological polar surface area (TPSA) is 71.1 Å². The van der Waals surface area contributed by atoms with Crippen molar-refractivity contribution in [2.24, 2.45) is 0 Å². The summed E-state index contributed by atoms with van der Waals surface area (Å²) in [6.45, 7) is 0.264. The van der Waals surface area contributed by atoms with E-state index in [1.165, 1.54) is 14.2 Å². The zero-order valence-electron chi connectivity index (χ0n) is 10.7. The maximum atomic E-state index is 12.1. The van der Waals surface area contributed by atoms with E-state index < -0.39 is 18.0 Å². The molecule has 0 radical (unpaired) electrons. The van der Waals surface area contributed by atoms with Gasteiger partial charge in [-0.05, 0) is 12.1 Å². The normalized spacial score (nSPS) is 17.8. The Morgan fingerprint density at radius 1 is 1.26 bits per heavy atom. The molecular weight excluding hydrogens is 252 g/mol. The first-order valence-corrected chi connectivity index (χ1v) is 5.76. The molecule has 0 spiro atoms. The summed E-state index contributed by atoms with van der Waals surface area (Å²) in [5, 5.41) is 0. The zero-order chi connectivity index (χ0) is 13.8. The number of carbonyl (C=O) groups excluding carboxylic acids is 2. The third-order valence-corrected chi connectivity index (χ3v) is 2.77. The van der Waals surface area contributed by atoms with E-state index in [2.05, 4.69) is 0 Å². The molecule has 0 aromatic heterocycles. The molecule has 0 aliphatic carbocycles. The highest BCUT2D eigenvalue weighted by Gasteiger charge is 2.32. The molecule has 1 unspecified atom stereocenters. The van der Waals surface area contributed by atoms with Crippen LogP contribution in [0.4, 0.5) is 0 Å². The van der Waals surface area contributed by atoms with Crippen molar-refractivity contribution in [2.75, 3.05) is 20.8 Å². The number of rotatable bonds is 4. The van der Waals surface area contributed by atoms with E-state index in [1.807, 2.05) is 0 Å². The fourth-order valence-electron chi connectivity index (χ4n) is 1.82. The van der Waals surface area contributed by atoms with Gasteiger partial charge < -0.3 is 18.9 Å². The number of esters is 2. The molecule has 2 rings (SSSR count). The molecule has 0 saturated carbocycles. The predicted octanol–water partition coefficient (Wildman–Crippen LogP) is 1.18. The van der Waals surface area contributed by atoms with Gasteiger partial charge in [-0.3, -0.25) is 0 Å². The van der Waals surface area contributed by atoms with Gasteiger partial charge in [0, 0.05) is 6.42 Å². The Bertz CT molecular complexity index is 474. The molecular formula is C13H14O6. The van der Waals surface area contributed by atoms with Crippen LogP contribution >= 0.6 is 0 Å². The number of hydrogen-bond acceptors (Lipinski definition) is 6. The van der Waals surface area contributed by atoms with Crippen LogP contribution in [-0.2, 0) is 14.3 Å². The van der Waals surface area contributed by atoms with Gasteiger partial charge in [0.1, 0.15) is 17.1 Å². The number of cyclic esters (lactones) is 1. The third-order valence-electron chi connectivity index (χ3n) is 2.77. The minimum absolute atomic E-state index is 0.159. The Labute approximate surface area is 110 Å². The van der Waals surface area contributed by atoms with E-state index in [0.29, 0.717) is 17.9 Å². The SMILES string of the molecule is COc1cccc(OC)c1C(=O)OC1CCOC1=O. The summed E-state index contributed by atoms with van der Waals surface area (Å²) in [6, 6.07) is 4.93. The minimum Gasteiger partial charge on any atom is -0.496 e. The van der Waals surface area contributed by atoms with Crippen molar-refractivity contribution in [3.63, 3.8) is 0 Å². The third kappa shape index (κ3) is 2.62. The lowest BCUT2D eigenvalue weighted by atomic mass is 10.1. The van der Waals surface area contributed by atoms with Gasteiger partial charge in [0.25, 0.3) is 0 Å². The van der Waals surface area contributed by atoms with Crippen molar-refractivity contribution < 1.29 is 28.5 Å². The molecule has 1 aliphatic heterocycles. The van der Waals surface area contributed by atoms with Gasteiger partial charge in [-0.2, -0.15) is 0 Å². The molecule has 1 saturated heterocycles. The van der Waals surface area contributed by atoms with E-state index in [-0.39, 0.29) is 12.2 Å². The Kier molecular flexibility index (Phi) is 3.89. The molecule has 6 heteroatoms. The second kappa shape index (κ2) is 5.60. The lowest BCUT2D eigenvalue weighted by Crippen LogP contribution is -2.23. The second-order valence-corrected chi connectivity index (χ2v) is 3.89. The first-order valence-electron chi connectivity index (χ1n) is 5.76. The van der Waals surface area contributed by atoms with Crippen molar-refractivity contribution in [1.29, 1.82) is 0 Å². The molecule has 0 amide bonds. The smallest absolute Gasteiger partial charge is 0.347 e. The molecule has 1 aromatic rings. The van der Waals surface area contributed by atoms with E-state index in [9.17, 15) is 9.59 Å². The fraction of sp³-hybridized carbons (Fsp3) is 0.385. The van der Waals surface area contributed by atoms with E-state index in [1.54, 1.807) is 18.2 Å². The first kappa shape index (κ1) is 13.2. The van der Waals surface area contributed by atoms with Crippen molar-refractivity contribution >= 4 is 11.9 Å². The molecule has 1 atom stereocenters. The Morgan fingerprint density at radius 2 is 1.89 bits per heavy atom. The van der Waals surface area contributed by atoms with Gasteiger partial charge in [-0.25, -0.2) is 9.59 Å². The highest BCUT2D eigenvalue weighted by atomic mass is 16.6. The highest BCUT2D eigenvalue weighted by molar-refractivity contribution is 5.97. The van der Waals surface area contributed by atoms with Crippen molar-refractivity contribution in [3.8, 4) is 11.5 Å². The van der Waals surface area contributed by atoms with Gasteiger partial charge in [0.15, 0.2) is 0 Å². The van der Waals surface area contributed by atoms with Crippen LogP contribution in [0.3, 0.4) is 0 Å². The molecule has 6 nitrogen and oxygen atoms in total. The number of methoxy groups -OCH3 is 2. The molecule has 19 heavy (non-hydrogen) atoms. The van der Waals surface area contributed by atoms with Crippen LogP contribution in [0.25, 0.3) is 0 Å². The van der Waals surface area contributed by atoms with E-state index in [4.69, 9.17) is 18.9 Å². The zero-order valence-corrected chi connectivity index (χ0v) is 10.7. The van der Waals surface area contributed by atoms with Gasteiger partial charge in [0.2, 0.25) is 6.10 Å². The molecule has 0 bridgehead atoms. The molecule has 102 valence electrons. The van der Waals surface area contributed by atoms with Crippen LogP contribution in [0.2, 0.25) is 0 Å². The van der Waals surface area contributed by atoms with Gasteiger partial charge in [-0.1, -0.05) is 6.07 Å². The summed E-state index contributed by atoms with van der Waals surface area (Å²) in [5.41, 5.74) is 0.159. The average Bonchev–Trinajstić information content (AvgIpc) is 2.83. The number of hydrogen-bond donors (Lipinski definition) is 0. The highest BCUT2D eigenvalue weighted by Crippen LogP contribution is 2.29. The Balaban J connectivity index is 2.24. The molecule has 1 heterocycles. The summed E-state index contributed by atoms with van der Waals surface area (Å²) in [5.74, 6) is -0.535. The predicted molar refractivity (Wildman–Crippen MR) is 64.3 cm³/mol. The van der Waals surface area contributed by atoms with Crippen molar-refractivity contribution in [2.45, 2.75) is 12.5 Å². The number of carbonyl (C=O) groups is 2. The quantitative estimate of drug-likeness (QED) is 0.762. The average molecular weight is 266 g/mol. The lowest BCUT2D eigenvalue weighted by Gasteiger charge is -2.13. The lowest BCUT2D eigenvalue weighted by molar-refractivity contribution is -0.145. The van der Waals surface area contributed by atoms with E-state index in [0.717, 1.165) is 0 Å². The number of benzene rings is 1. The van der Waals surface area contributed by atoms with Crippen LogP contribution in [0.1, 0.15) is 16.8 Å². The minimum atomic E-state index is -0.859. The molecule has 1 aliphatic rings. The summed E-state index contributed by atoms with van der Waals surface area (Å²) in [7, 11) is 2.88. The van der Waals surface area contributed by atoms with Crippen LogP contribution in [-0.4, -0.2) is 38.9 Å². The molecule has 0 N–H and O–H groups in total. The second-order valence-electron chi connectivity index (χ2n) is 3.89. The van der Waals surface area contributed by atoms with Crippen LogP contribution < -0.4 is 9.47 Å². The van der Waals surface area contributed by atoms with Crippen LogP contribution in [0.5, 0.6) is 11.5 Å². The van der Waals surface area contributed by atoms with Gasteiger partial charge >= 0.3 is 11.9 Å². The standard InChI is InChI=1S/C13H14O6/c1-16-8-4-3-5-9(17-2)11(8)13(15)19-10-6-7-18-12(10)14/h3-5,10H,6-7H2,1-2H3. The van der Waals surface area contributed by atoms with Crippen LogP contribution in [0, 0.1) is 0 Å². The van der Waals surface area contributed by atoms with E-state index >= 15 is 0 Å². The Morgan fingerprint density at radius 3 is 2.37 bits per heavy atom. The van der Waals surface area contributed by atoms with Gasteiger partial charge in [-0.15, -0.1) is 0 Å². The summed E-state index contributed by atoms with van der Waals surface area (Å²) < 4.78 is 20.1. The fourth-order valence-corrected chi connectivity index (χ4v) is 1.82. The van der Waals surface area contributed by atoms with Crippen molar-refractivity contribution in [1.82, 2.24) is 0 Å². The summed E-state index contributed by atoms with van der Waals surface area (Å²) in [4.78, 5) is 23.4. The summed E-state index contributed by atoms with van der Waals surface area (Å²) >= 11 is 0.